The van der Waals surface area contributed by atoms with Gasteiger partial charge in [0.1, 0.15) is 16.8 Å². The molecule has 0 N–H and O–H groups in total. The highest BCUT2D eigenvalue weighted by atomic mass is 16.3. The van der Waals surface area contributed by atoms with Crippen LogP contribution in [0.15, 0.2) is 192 Å². The van der Waals surface area contributed by atoms with Crippen molar-refractivity contribution >= 4 is 54.6 Å². The van der Waals surface area contributed by atoms with Gasteiger partial charge in [-0.05, 0) is 74.5 Å². The quantitative estimate of drug-likeness (QED) is 0.183. The van der Waals surface area contributed by atoms with Crippen LogP contribution in [0.1, 0.15) is 22.3 Å². The number of fused-ring (bicyclic) bond motifs is 10. The summed E-state index contributed by atoms with van der Waals surface area (Å²) in [6, 6.07) is 67.3. The lowest BCUT2D eigenvalue weighted by atomic mass is 9.67. The minimum Gasteiger partial charge on any atom is -0.452 e. The molecule has 0 saturated carbocycles. The lowest BCUT2D eigenvalue weighted by molar-refractivity contribution is 0.666. The smallest absolute Gasteiger partial charge is 0.236 e. The van der Waals surface area contributed by atoms with Crippen LogP contribution in [0.25, 0.3) is 83.0 Å². The first-order valence-corrected chi connectivity index (χ1v) is 18.8. The highest BCUT2D eigenvalue weighted by Crippen LogP contribution is 2.58. The Labute approximate surface area is 316 Å². The molecule has 3 aromatic heterocycles. The van der Waals surface area contributed by atoms with Gasteiger partial charge in [0.25, 0.3) is 0 Å². The van der Waals surface area contributed by atoms with Crippen molar-refractivity contribution in [1.82, 2.24) is 14.5 Å². The molecule has 0 atom stereocenters. The number of hydrogen-bond donors (Lipinski definition) is 0. The molecule has 12 rings (SSSR count). The molecule has 4 heteroatoms. The third-order valence-corrected chi connectivity index (χ3v) is 11.7. The minimum absolute atomic E-state index is 0.540. The van der Waals surface area contributed by atoms with Crippen LogP contribution >= 0.6 is 0 Å². The molecule has 4 nitrogen and oxygen atoms in total. The Bertz CT molecular complexity index is 3280. The fourth-order valence-corrected chi connectivity index (χ4v) is 9.42. The van der Waals surface area contributed by atoms with Gasteiger partial charge in [-0.2, -0.15) is 0 Å². The number of para-hydroxylation sites is 2. The molecule has 0 radical (unpaired) electrons. The topological polar surface area (TPSA) is 43.9 Å². The zero-order valence-corrected chi connectivity index (χ0v) is 29.6. The van der Waals surface area contributed by atoms with Crippen LogP contribution < -0.4 is 0 Å². The molecule has 0 spiro atoms. The van der Waals surface area contributed by atoms with Gasteiger partial charge in [-0.25, -0.2) is 9.97 Å². The predicted molar refractivity (Wildman–Crippen MR) is 224 cm³/mol. The lowest BCUT2D eigenvalue weighted by Crippen LogP contribution is -2.28. The monoisotopic (exact) mass is 701 g/mol. The van der Waals surface area contributed by atoms with Gasteiger partial charge >= 0.3 is 0 Å². The van der Waals surface area contributed by atoms with E-state index in [1.54, 1.807) is 0 Å². The summed E-state index contributed by atoms with van der Waals surface area (Å²) in [7, 11) is 0. The molecule has 55 heavy (non-hydrogen) atoms. The van der Waals surface area contributed by atoms with Crippen molar-refractivity contribution in [2.75, 3.05) is 0 Å². The lowest BCUT2D eigenvalue weighted by Gasteiger charge is -2.33. The average Bonchev–Trinajstić information content (AvgIpc) is 3.89. The molecule has 0 aliphatic heterocycles. The number of rotatable bonds is 4. The highest BCUT2D eigenvalue weighted by Gasteiger charge is 2.47. The average molecular weight is 702 g/mol. The maximum Gasteiger partial charge on any atom is 0.236 e. The van der Waals surface area contributed by atoms with E-state index in [9.17, 15) is 0 Å². The molecule has 11 aromatic rings. The highest BCUT2D eigenvalue weighted by molar-refractivity contribution is 6.14. The molecule has 1 aliphatic rings. The van der Waals surface area contributed by atoms with E-state index < -0.39 is 5.41 Å². The number of nitrogens with zero attached hydrogens (tertiary/aromatic N) is 3. The van der Waals surface area contributed by atoms with Crippen molar-refractivity contribution in [2.24, 2.45) is 0 Å². The summed E-state index contributed by atoms with van der Waals surface area (Å²) in [4.78, 5) is 11.0. The minimum atomic E-state index is -0.540. The summed E-state index contributed by atoms with van der Waals surface area (Å²) in [6.07, 6.45) is 0. The molecule has 0 saturated heterocycles. The molecule has 3 heterocycles. The van der Waals surface area contributed by atoms with Gasteiger partial charge in [0.2, 0.25) is 5.95 Å². The van der Waals surface area contributed by atoms with Crippen LogP contribution in [0.4, 0.5) is 0 Å². The maximum absolute atomic E-state index is 6.78. The van der Waals surface area contributed by atoms with Crippen LogP contribution in [-0.2, 0) is 5.41 Å². The van der Waals surface area contributed by atoms with E-state index in [-0.39, 0.29) is 0 Å². The van der Waals surface area contributed by atoms with E-state index in [0.29, 0.717) is 11.5 Å². The second kappa shape index (κ2) is 11.3. The first-order valence-electron chi connectivity index (χ1n) is 18.8. The van der Waals surface area contributed by atoms with Crippen LogP contribution in [0.2, 0.25) is 0 Å². The third-order valence-electron chi connectivity index (χ3n) is 11.7. The first-order chi connectivity index (χ1) is 27.3. The summed E-state index contributed by atoms with van der Waals surface area (Å²) in [5, 5.41) is 5.67. The molecule has 256 valence electrons. The standard InChI is InChI=1S/C51H31N3O/c1-3-18-34(19-4-1)51(35-20-5-2-6-21-35)41-26-12-9-23-37(41)46-39(25-15-27-42(46)51)48-49-47(38-24-11-14-29-45(38)55-49)52-50(53-48)54-43-28-13-10-22-36(43)40-30-32-16-7-8-17-33(32)31-44(40)54/h1-31H. The zero-order valence-electron chi connectivity index (χ0n) is 29.6. The van der Waals surface area contributed by atoms with E-state index in [2.05, 4.69) is 180 Å². The maximum atomic E-state index is 6.78. The third kappa shape index (κ3) is 4.11. The molecular weight excluding hydrogens is 671 g/mol. The molecule has 1 aliphatic carbocycles. The predicted octanol–water partition coefficient (Wildman–Crippen LogP) is 12.7. The van der Waals surface area contributed by atoms with E-state index in [0.717, 1.165) is 49.7 Å². The van der Waals surface area contributed by atoms with Crippen molar-refractivity contribution in [3.63, 3.8) is 0 Å². The Morgan fingerprint density at radius 1 is 0.455 bits per heavy atom. The van der Waals surface area contributed by atoms with Gasteiger partial charge in [-0.1, -0.05) is 158 Å². The van der Waals surface area contributed by atoms with Gasteiger partial charge in [0.15, 0.2) is 5.58 Å². The Morgan fingerprint density at radius 2 is 1.07 bits per heavy atom. The Kier molecular flexibility index (Phi) is 6.23. The van der Waals surface area contributed by atoms with Crippen molar-refractivity contribution in [3.8, 4) is 28.3 Å². The van der Waals surface area contributed by atoms with Crippen LogP contribution in [0, 0.1) is 0 Å². The zero-order chi connectivity index (χ0) is 36.1. The van der Waals surface area contributed by atoms with Crippen LogP contribution in [0.3, 0.4) is 0 Å². The van der Waals surface area contributed by atoms with E-state index >= 15 is 0 Å². The number of aromatic nitrogens is 3. The van der Waals surface area contributed by atoms with Crippen LogP contribution in [-0.4, -0.2) is 14.5 Å². The first kappa shape index (κ1) is 30.2. The number of benzene rings is 8. The summed E-state index contributed by atoms with van der Waals surface area (Å²) < 4.78 is 9.01. The van der Waals surface area contributed by atoms with Gasteiger partial charge in [0.05, 0.1) is 16.4 Å². The molecule has 0 unspecified atom stereocenters. The second-order valence-corrected chi connectivity index (χ2v) is 14.5. The van der Waals surface area contributed by atoms with Crippen molar-refractivity contribution in [3.05, 3.63) is 210 Å². The van der Waals surface area contributed by atoms with Crippen LogP contribution in [0.5, 0.6) is 0 Å². The van der Waals surface area contributed by atoms with Crippen molar-refractivity contribution in [1.29, 1.82) is 0 Å². The Hall–Kier alpha value is -7.30. The summed E-state index contributed by atoms with van der Waals surface area (Å²) in [5.74, 6) is 0.608. The van der Waals surface area contributed by atoms with E-state index in [1.807, 2.05) is 12.1 Å². The molecule has 8 aromatic carbocycles. The number of hydrogen-bond acceptors (Lipinski definition) is 3. The molecule has 0 fully saturated rings. The summed E-state index contributed by atoms with van der Waals surface area (Å²) >= 11 is 0. The molecule has 0 amide bonds. The van der Waals surface area contributed by atoms with Gasteiger partial charge < -0.3 is 4.42 Å². The fraction of sp³-hybridized carbons (Fsp3) is 0.0196. The normalized spacial score (nSPS) is 13.2. The molecule has 0 bridgehead atoms. The fourth-order valence-electron chi connectivity index (χ4n) is 9.42. The van der Waals surface area contributed by atoms with Gasteiger partial charge in [0, 0.05) is 21.7 Å². The Balaban J connectivity index is 1.22. The van der Waals surface area contributed by atoms with E-state index in [4.69, 9.17) is 14.4 Å². The second-order valence-electron chi connectivity index (χ2n) is 14.5. The Morgan fingerprint density at radius 3 is 1.87 bits per heavy atom. The largest absolute Gasteiger partial charge is 0.452 e. The van der Waals surface area contributed by atoms with Crippen molar-refractivity contribution in [2.45, 2.75) is 5.41 Å². The molecular formula is C51H31N3O. The van der Waals surface area contributed by atoms with Gasteiger partial charge in [-0.15, -0.1) is 0 Å². The van der Waals surface area contributed by atoms with Crippen molar-refractivity contribution < 1.29 is 4.42 Å². The van der Waals surface area contributed by atoms with E-state index in [1.165, 1.54) is 44.0 Å². The number of furan rings is 1. The SMILES string of the molecule is c1ccc(C2(c3ccccc3)c3ccccc3-c3c(-c4nc(-n5c6ccccc6c6cc7ccccc7cc65)nc5c4oc4ccccc45)cccc32)cc1. The van der Waals surface area contributed by atoms with Gasteiger partial charge in [-0.3, -0.25) is 4.57 Å². The summed E-state index contributed by atoms with van der Waals surface area (Å²) in [6.45, 7) is 0. The summed E-state index contributed by atoms with van der Waals surface area (Å²) in [5.41, 5.74) is 12.9.